The Morgan fingerprint density at radius 3 is 1.29 bits per heavy atom. The van der Waals surface area contributed by atoms with Gasteiger partial charge in [0.2, 0.25) is 0 Å². The Morgan fingerprint density at radius 2 is 0.857 bits per heavy atom. The monoisotopic (exact) mass is 634 g/mol. The van der Waals surface area contributed by atoms with Crippen molar-refractivity contribution < 1.29 is 0 Å². The lowest BCUT2D eigenvalue weighted by molar-refractivity contribution is 1.19. The lowest BCUT2D eigenvalue weighted by Gasteiger charge is -2.07. The van der Waals surface area contributed by atoms with Crippen molar-refractivity contribution in [3.8, 4) is 44.5 Å². The summed E-state index contributed by atoms with van der Waals surface area (Å²) in [6, 6.07) is 23.7. The number of fused-ring (bicyclic) bond motifs is 6. The van der Waals surface area contributed by atoms with Gasteiger partial charge in [-0.2, -0.15) is 0 Å². The van der Waals surface area contributed by atoms with E-state index in [1.54, 1.807) is 18.6 Å². The van der Waals surface area contributed by atoms with Gasteiger partial charge in [0.15, 0.2) is 0 Å². The maximum Gasteiger partial charge on any atom is 0.0737 e. The zero-order chi connectivity index (χ0) is 33.3. The SMILES string of the molecule is C=c1[nH]c(=C)c(-c2cccnc2)c2nc(c(-c3cccnc3)c3ccc([nH]3)c(-c3cccnc3)c3nc(c1-c1ccc(N)cc1)C=C3)C=C2. The molecule has 0 spiro atoms. The average Bonchev–Trinajstić information content (AvgIpc) is 3.91. The molecule has 8 rings (SSSR count). The number of nitrogen functional groups attached to an aromatic ring is 1. The fraction of sp³-hybridized carbons (Fsp3) is 0. The molecule has 0 unspecified atom stereocenters. The van der Waals surface area contributed by atoms with E-state index in [0.717, 1.165) is 78.3 Å². The van der Waals surface area contributed by atoms with E-state index in [1.807, 2.05) is 104 Å². The molecule has 0 saturated heterocycles. The van der Waals surface area contributed by atoms with Gasteiger partial charge in [-0.1, -0.05) is 43.5 Å². The molecule has 0 radical (unpaired) electrons. The van der Waals surface area contributed by atoms with E-state index in [4.69, 9.17) is 15.7 Å². The molecule has 234 valence electrons. The molecule has 4 N–H and O–H groups in total. The van der Waals surface area contributed by atoms with Crippen molar-refractivity contribution in [3.63, 3.8) is 0 Å². The van der Waals surface area contributed by atoms with Gasteiger partial charge in [-0.25, -0.2) is 9.97 Å². The van der Waals surface area contributed by atoms with Crippen LogP contribution in [-0.4, -0.2) is 34.9 Å². The van der Waals surface area contributed by atoms with E-state index in [9.17, 15) is 0 Å². The summed E-state index contributed by atoms with van der Waals surface area (Å²) in [6.07, 6.45) is 18.9. The van der Waals surface area contributed by atoms with Crippen LogP contribution in [0, 0.1) is 0 Å². The molecule has 1 aromatic carbocycles. The summed E-state index contributed by atoms with van der Waals surface area (Å²) < 4.78 is 0. The summed E-state index contributed by atoms with van der Waals surface area (Å²) in [5.74, 6) is 0. The van der Waals surface area contributed by atoms with Gasteiger partial charge in [-0.05, 0) is 72.3 Å². The van der Waals surface area contributed by atoms with E-state index in [2.05, 4.69) is 50.2 Å². The predicted octanol–water partition coefficient (Wildman–Crippen LogP) is 7.32. The van der Waals surface area contributed by atoms with Crippen LogP contribution in [0.25, 0.3) is 93.0 Å². The molecule has 0 amide bonds. The van der Waals surface area contributed by atoms with Gasteiger partial charge in [-0.15, -0.1) is 0 Å². The van der Waals surface area contributed by atoms with Crippen LogP contribution in [-0.2, 0) is 0 Å². The number of hydrogen-bond acceptors (Lipinski definition) is 6. The number of rotatable bonds is 4. The quantitative estimate of drug-likeness (QED) is 0.174. The smallest absolute Gasteiger partial charge is 0.0737 e. The van der Waals surface area contributed by atoms with Crippen LogP contribution in [0.3, 0.4) is 0 Å². The van der Waals surface area contributed by atoms with E-state index >= 15 is 0 Å². The standard InChI is InChI=1S/C41H30N8/c1-25-38(27-9-11-31(42)12-10-27)32-13-15-34(47-32)40(29-7-4-20-44-23-29)36-17-18-37(49-36)41(30-8-5-21-45-24-30)35-16-14-33(48-35)39(26(2)46-25)28-6-3-19-43-22-28/h3-24,46,49H,1-2,42H2. The van der Waals surface area contributed by atoms with E-state index in [0.29, 0.717) is 16.4 Å². The Labute approximate surface area is 282 Å². The summed E-state index contributed by atoms with van der Waals surface area (Å²) in [6.45, 7) is 9.00. The lowest BCUT2D eigenvalue weighted by Crippen LogP contribution is -2.19. The van der Waals surface area contributed by atoms with Crippen molar-refractivity contribution in [1.29, 1.82) is 0 Å². The molecule has 8 nitrogen and oxygen atoms in total. The normalized spacial score (nSPS) is 11.8. The molecule has 7 heterocycles. The molecule has 8 heteroatoms. The summed E-state index contributed by atoms with van der Waals surface area (Å²) in [5.41, 5.74) is 18.6. The van der Waals surface area contributed by atoms with Crippen LogP contribution in [0.5, 0.6) is 0 Å². The number of H-pyrrole nitrogens is 2. The number of pyridine rings is 3. The highest BCUT2D eigenvalue weighted by Crippen LogP contribution is 2.34. The maximum atomic E-state index is 6.10. The van der Waals surface area contributed by atoms with E-state index < -0.39 is 0 Å². The first-order chi connectivity index (χ1) is 24.0. The minimum atomic E-state index is 0.613. The number of anilines is 1. The number of aromatic amines is 2. The van der Waals surface area contributed by atoms with Gasteiger partial charge in [0.05, 0.1) is 22.8 Å². The van der Waals surface area contributed by atoms with Gasteiger partial charge in [0.25, 0.3) is 0 Å². The van der Waals surface area contributed by atoms with Crippen LogP contribution in [0.2, 0.25) is 0 Å². The molecule has 49 heavy (non-hydrogen) atoms. The van der Waals surface area contributed by atoms with Crippen molar-refractivity contribution >= 4 is 54.2 Å². The third-order valence-electron chi connectivity index (χ3n) is 8.48. The first kappa shape index (κ1) is 29.5. The number of hydrogen-bond donors (Lipinski definition) is 3. The molecule has 0 aliphatic carbocycles. The van der Waals surface area contributed by atoms with Gasteiger partial charge < -0.3 is 15.7 Å². The molecule has 2 aliphatic heterocycles. The molecule has 2 aliphatic rings. The van der Waals surface area contributed by atoms with Crippen LogP contribution in [0.4, 0.5) is 5.69 Å². The van der Waals surface area contributed by atoms with Crippen LogP contribution in [0.1, 0.15) is 22.8 Å². The zero-order valence-electron chi connectivity index (χ0n) is 26.4. The van der Waals surface area contributed by atoms with Crippen molar-refractivity contribution in [2.75, 3.05) is 5.73 Å². The molecule has 0 atom stereocenters. The van der Waals surface area contributed by atoms with Crippen molar-refractivity contribution in [2.24, 2.45) is 0 Å². The minimum Gasteiger partial charge on any atom is -0.399 e. The molecular weight excluding hydrogens is 605 g/mol. The predicted molar refractivity (Wildman–Crippen MR) is 200 cm³/mol. The van der Waals surface area contributed by atoms with Crippen molar-refractivity contribution in [3.05, 3.63) is 143 Å². The second kappa shape index (κ2) is 12.4. The fourth-order valence-electron chi connectivity index (χ4n) is 6.29. The summed E-state index contributed by atoms with van der Waals surface area (Å²) in [4.78, 5) is 30.9. The highest BCUT2D eigenvalue weighted by Gasteiger charge is 2.17. The molecule has 6 bridgehead atoms. The Hall–Kier alpha value is -6.93. The average molecular weight is 635 g/mol. The fourth-order valence-corrected chi connectivity index (χ4v) is 6.29. The molecule has 0 saturated carbocycles. The van der Waals surface area contributed by atoms with Gasteiger partial charge in [0, 0.05) is 104 Å². The topological polar surface area (TPSA) is 122 Å². The van der Waals surface area contributed by atoms with Crippen LogP contribution >= 0.6 is 0 Å². The number of nitrogens with zero attached hydrogens (tertiary/aromatic N) is 5. The Kier molecular flexibility index (Phi) is 7.43. The first-order valence-corrected chi connectivity index (χ1v) is 15.7. The second-order valence-corrected chi connectivity index (χ2v) is 11.6. The molecule has 6 aromatic rings. The van der Waals surface area contributed by atoms with Crippen LogP contribution in [0.15, 0.2) is 110 Å². The Bertz CT molecular complexity index is 2570. The lowest BCUT2D eigenvalue weighted by atomic mass is 10.0. The Balaban J connectivity index is 1.58. The summed E-state index contributed by atoms with van der Waals surface area (Å²) in [5, 5.41) is 1.23. The number of nitrogens with one attached hydrogen (secondary N) is 2. The third kappa shape index (κ3) is 5.57. The van der Waals surface area contributed by atoms with Crippen molar-refractivity contribution in [1.82, 2.24) is 34.9 Å². The van der Waals surface area contributed by atoms with E-state index in [1.165, 1.54) is 0 Å². The zero-order valence-corrected chi connectivity index (χ0v) is 26.4. The molecular formula is C41H30N8. The van der Waals surface area contributed by atoms with Crippen molar-refractivity contribution in [2.45, 2.75) is 0 Å². The van der Waals surface area contributed by atoms with Gasteiger partial charge in [0.1, 0.15) is 0 Å². The van der Waals surface area contributed by atoms with Gasteiger partial charge >= 0.3 is 0 Å². The number of aromatic nitrogens is 7. The summed E-state index contributed by atoms with van der Waals surface area (Å²) >= 11 is 0. The summed E-state index contributed by atoms with van der Waals surface area (Å²) in [7, 11) is 0. The van der Waals surface area contributed by atoms with Crippen LogP contribution < -0.4 is 16.4 Å². The number of nitrogens with two attached hydrogens (primary N) is 1. The molecule has 0 fully saturated rings. The maximum absolute atomic E-state index is 6.10. The second-order valence-electron chi connectivity index (χ2n) is 11.6. The highest BCUT2D eigenvalue weighted by molar-refractivity contribution is 5.96. The highest BCUT2D eigenvalue weighted by atomic mass is 14.8. The van der Waals surface area contributed by atoms with E-state index in [-0.39, 0.29) is 0 Å². The third-order valence-corrected chi connectivity index (χ3v) is 8.48. The van der Waals surface area contributed by atoms with Gasteiger partial charge in [-0.3, -0.25) is 15.0 Å². The Morgan fingerprint density at radius 1 is 0.449 bits per heavy atom. The minimum absolute atomic E-state index is 0.613. The molecule has 5 aromatic heterocycles. The largest absolute Gasteiger partial charge is 0.399 e. The number of benzene rings is 1. The first-order valence-electron chi connectivity index (χ1n) is 15.7.